The van der Waals surface area contributed by atoms with E-state index in [0.29, 0.717) is 6.42 Å². The maximum atomic E-state index is 12.1. The van der Waals surface area contributed by atoms with Gasteiger partial charge in [0.05, 0.1) is 0 Å². The van der Waals surface area contributed by atoms with Crippen LogP contribution >= 0.6 is 0 Å². The van der Waals surface area contributed by atoms with E-state index < -0.39 is 23.7 Å². The number of esters is 1. The highest BCUT2D eigenvalue weighted by atomic mass is 16.6. The summed E-state index contributed by atoms with van der Waals surface area (Å²) in [5, 5.41) is 11.4. The minimum Gasteiger partial charge on any atom is -0.458 e. The zero-order valence-electron chi connectivity index (χ0n) is 13.9. The van der Waals surface area contributed by atoms with Gasteiger partial charge < -0.3 is 19.9 Å². The Morgan fingerprint density at radius 2 is 1.87 bits per heavy atom. The first-order chi connectivity index (χ1) is 10.8. The zero-order chi connectivity index (χ0) is 17.3. The van der Waals surface area contributed by atoms with Crippen molar-refractivity contribution in [3.63, 3.8) is 0 Å². The van der Waals surface area contributed by atoms with Gasteiger partial charge in [-0.05, 0) is 39.2 Å². The van der Waals surface area contributed by atoms with Gasteiger partial charge in [0.1, 0.15) is 18.2 Å². The number of hydrogen-bond donors (Lipinski definition) is 2. The van der Waals surface area contributed by atoms with Crippen LogP contribution in [0.25, 0.3) is 0 Å². The molecule has 1 atom stereocenters. The van der Waals surface area contributed by atoms with Crippen LogP contribution in [0.4, 0.5) is 4.79 Å². The molecule has 0 saturated carbocycles. The summed E-state index contributed by atoms with van der Waals surface area (Å²) in [7, 11) is 0. The number of aliphatic hydroxyl groups excluding tert-OH is 1. The van der Waals surface area contributed by atoms with Gasteiger partial charge >= 0.3 is 12.1 Å². The lowest BCUT2D eigenvalue weighted by atomic mass is 10.1. The third-order valence-electron chi connectivity index (χ3n) is 2.85. The highest BCUT2D eigenvalue weighted by molar-refractivity contribution is 5.81. The lowest BCUT2D eigenvalue weighted by Gasteiger charge is -2.24. The monoisotopic (exact) mass is 323 g/mol. The highest BCUT2D eigenvalue weighted by Crippen LogP contribution is 2.11. The number of benzene rings is 1. The molecule has 0 spiro atoms. The third-order valence-corrected chi connectivity index (χ3v) is 2.85. The second-order valence-corrected chi connectivity index (χ2v) is 6.16. The number of aliphatic hydroxyl groups is 1. The summed E-state index contributed by atoms with van der Waals surface area (Å²) < 4.78 is 10.4. The zero-order valence-corrected chi connectivity index (χ0v) is 13.9. The van der Waals surface area contributed by atoms with Gasteiger partial charge in [0.2, 0.25) is 0 Å². The Morgan fingerprint density at radius 3 is 2.43 bits per heavy atom. The topological polar surface area (TPSA) is 84.9 Å². The number of ether oxygens (including phenoxy) is 2. The predicted molar refractivity (Wildman–Crippen MR) is 85.7 cm³/mol. The maximum absolute atomic E-state index is 12.1. The van der Waals surface area contributed by atoms with Gasteiger partial charge in [0, 0.05) is 6.61 Å². The van der Waals surface area contributed by atoms with Crippen molar-refractivity contribution in [1.29, 1.82) is 0 Å². The lowest BCUT2D eigenvalue weighted by Crippen LogP contribution is -2.44. The summed E-state index contributed by atoms with van der Waals surface area (Å²) in [6.45, 7) is 5.30. The smallest absolute Gasteiger partial charge is 0.408 e. The standard InChI is InChI=1S/C17H25NO5/c1-17(2,3)23-15(20)14(10-7-11-19)18-16(21)22-12-13-8-5-4-6-9-13/h4-6,8-9,14,19H,7,10-12H2,1-3H3,(H,18,21)/t14-/m0/s1. The molecule has 0 aliphatic heterocycles. The van der Waals surface area contributed by atoms with E-state index in [2.05, 4.69) is 5.32 Å². The van der Waals surface area contributed by atoms with Crippen LogP contribution in [0, 0.1) is 0 Å². The molecule has 0 heterocycles. The largest absolute Gasteiger partial charge is 0.458 e. The summed E-state index contributed by atoms with van der Waals surface area (Å²) in [5.41, 5.74) is 0.205. The van der Waals surface area contributed by atoms with Gasteiger partial charge in [-0.1, -0.05) is 30.3 Å². The van der Waals surface area contributed by atoms with Crippen LogP contribution in [0.2, 0.25) is 0 Å². The molecule has 2 N–H and O–H groups in total. The molecular weight excluding hydrogens is 298 g/mol. The van der Waals surface area contributed by atoms with Crippen molar-refractivity contribution in [2.75, 3.05) is 6.61 Å². The summed E-state index contributed by atoms with van der Waals surface area (Å²) in [4.78, 5) is 24.0. The quantitative estimate of drug-likeness (QED) is 0.753. The molecule has 0 aromatic heterocycles. The molecule has 6 heteroatoms. The van der Waals surface area contributed by atoms with Crippen molar-refractivity contribution in [1.82, 2.24) is 5.32 Å². The maximum Gasteiger partial charge on any atom is 0.408 e. The summed E-state index contributed by atoms with van der Waals surface area (Å²) in [6, 6.07) is 8.40. The Balaban J connectivity index is 2.54. The van der Waals surface area contributed by atoms with Crippen molar-refractivity contribution in [3.8, 4) is 0 Å². The Bertz CT molecular complexity index is 495. The van der Waals surface area contributed by atoms with Crippen molar-refractivity contribution in [2.45, 2.75) is 51.9 Å². The molecule has 1 rings (SSSR count). The molecule has 0 radical (unpaired) electrons. The van der Waals surface area contributed by atoms with Crippen LogP contribution in [0.3, 0.4) is 0 Å². The van der Waals surface area contributed by atoms with E-state index in [1.165, 1.54) is 0 Å². The lowest BCUT2D eigenvalue weighted by molar-refractivity contribution is -0.157. The van der Waals surface area contributed by atoms with Gasteiger partial charge in [0.25, 0.3) is 0 Å². The molecule has 1 aromatic carbocycles. The first-order valence-corrected chi connectivity index (χ1v) is 7.63. The summed E-state index contributed by atoms with van der Waals surface area (Å²) in [5.74, 6) is -0.539. The van der Waals surface area contributed by atoms with Crippen molar-refractivity contribution >= 4 is 12.1 Å². The Labute approximate surface area is 136 Å². The van der Waals surface area contributed by atoms with Crippen LogP contribution in [-0.4, -0.2) is 35.4 Å². The fourth-order valence-electron chi connectivity index (χ4n) is 1.82. The van der Waals surface area contributed by atoms with E-state index in [9.17, 15) is 9.59 Å². The average Bonchev–Trinajstić information content (AvgIpc) is 2.48. The van der Waals surface area contributed by atoms with Crippen molar-refractivity contribution in [2.24, 2.45) is 0 Å². The summed E-state index contributed by atoms with van der Waals surface area (Å²) >= 11 is 0. The number of amides is 1. The SMILES string of the molecule is CC(C)(C)OC(=O)[C@H](CCCO)NC(=O)OCc1ccccc1. The van der Waals surface area contributed by atoms with E-state index in [4.69, 9.17) is 14.6 Å². The molecule has 0 aliphatic carbocycles. The Hall–Kier alpha value is -2.08. The number of nitrogens with one attached hydrogen (secondary N) is 1. The van der Waals surface area contributed by atoms with E-state index in [1.807, 2.05) is 30.3 Å². The van der Waals surface area contributed by atoms with Gasteiger partial charge in [-0.15, -0.1) is 0 Å². The molecular formula is C17H25NO5. The molecule has 23 heavy (non-hydrogen) atoms. The average molecular weight is 323 g/mol. The molecule has 128 valence electrons. The predicted octanol–water partition coefficient (Wildman–Crippen LogP) is 2.40. The molecule has 0 fully saturated rings. The van der Waals surface area contributed by atoms with Crippen LogP contribution in [0.1, 0.15) is 39.2 Å². The van der Waals surface area contributed by atoms with E-state index >= 15 is 0 Å². The van der Waals surface area contributed by atoms with Gasteiger partial charge in [-0.3, -0.25) is 0 Å². The number of alkyl carbamates (subject to hydrolysis) is 1. The minimum atomic E-state index is -0.843. The Morgan fingerprint density at radius 1 is 1.22 bits per heavy atom. The second-order valence-electron chi connectivity index (χ2n) is 6.16. The molecule has 1 amide bonds. The van der Waals surface area contributed by atoms with Crippen LogP contribution in [-0.2, 0) is 20.9 Å². The van der Waals surface area contributed by atoms with Crippen LogP contribution in [0.15, 0.2) is 30.3 Å². The van der Waals surface area contributed by atoms with Crippen LogP contribution in [0.5, 0.6) is 0 Å². The van der Waals surface area contributed by atoms with E-state index in [-0.39, 0.29) is 19.6 Å². The second kappa shape index (κ2) is 9.15. The van der Waals surface area contributed by atoms with E-state index in [0.717, 1.165) is 5.56 Å². The number of hydrogen-bond acceptors (Lipinski definition) is 5. The third kappa shape index (κ3) is 8.21. The fraction of sp³-hybridized carbons (Fsp3) is 0.529. The molecule has 1 aromatic rings. The number of carbonyl (C=O) groups excluding carboxylic acids is 2. The van der Waals surface area contributed by atoms with Crippen molar-refractivity contribution in [3.05, 3.63) is 35.9 Å². The number of carbonyl (C=O) groups is 2. The molecule has 0 saturated heterocycles. The molecule has 0 aliphatic rings. The first-order valence-electron chi connectivity index (χ1n) is 7.63. The van der Waals surface area contributed by atoms with Gasteiger partial charge in [-0.2, -0.15) is 0 Å². The van der Waals surface area contributed by atoms with Gasteiger partial charge in [-0.25, -0.2) is 9.59 Å². The molecule has 0 unspecified atom stereocenters. The normalized spacial score (nSPS) is 12.3. The van der Waals surface area contributed by atoms with Gasteiger partial charge in [0.15, 0.2) is 0 Å². The highest BCUT2D eigenvalue weighted by Gasteiger charge is 2.26. The Kier molecular flexibility index (Phi) is 7.54. The molecule has 0 bridgehead atoms. The fourth-order valence-corrected chi connectivity index (χ4v) is 1.82. The first kappa shape index (κ1) is 19.0. The molecule has 6 nitrogen and oxygen atoms in total. The number of rotatable bonds is 7. The van der Waals surface area contributed by atoms with E-state index in [1.54, 1.807) is 20.8 Å². The van der Waals surface area contributed by atoms with Crippen LogP contribution < -0.4 is 5.32 Å². The van der Waals surface area contributed by atoms with Crippen molar-refractivity contribution < 1.29 is 24.2 Å². The summed E-state index contributed by atoms with van der Waals surface area (Å²) in [6.07, 6.45) is -0.0306. The minimum absolute atomic E-state index is 0.0694.